The van der Waals surface area contributed by atoms with Crippen LogP contribution in [0.25, 0.3) is 0 Å². The van der Waals surface area contributed by atoms with E-state index in [0.717, 1.165) is 44.9 Å². The lowest BCUT2D eigenvalue weighted by Crippen LogP contribution is -2.65. The number of ether oxygens (including phenoxy) is 4. The maximum absolute atomic E-state index is 13.0. The highest BCUT2D eigenvalue weighted by atomic mass is 16.7. The standard InChI is InChI=1S/C44H85NO13/c1-3-5-7-8-9-10-11-12-13-14-15-16-17-18-19-20-21-22-23-24-26-28-36(49)45-32(33(48)27-25-6-4-2)31-55-43-41(54)39(52)42(35(30-47)57-43)58-44-40(53)38(51)37(50)34(29-46)56-44/h32-35,37-44,46-48,50-54H,3-31H2,1-2H3,(H,45,49). The first kappa shape index (κ1) is 53.1. The van der Waals surface area contributed by atoms with Crippen LogP contribution in [0.1, 0.15) is 181 Å². The summed E-state index contributed by atoms with van der Waals surface area (Å²) < 4.78 is 22.5. The van der Waals surface area contributed by atoms with Crippen molar-refractivity contribution in [1.29, 1.82) is 0 Å². The first-order chi connectivity index (χ1) is 28.1. The van der Waals surface area contributed by atoms with Crippen LogP contribution in [0.15, 0.2) is 0 Å². The maximum Gasteiger partial charge on any atom is 0.220 e. The summed E-state index contributed by atoms with van der Waals surface area (Å²) in [6, 6.07) is -0.817. The Morgan fingerprint density at radius 1 is 0.552 bits per heavy atom. The number of hydrogen-bond donors (Lipinski definition) is 9. The number of aliphatic hydroxyl groups excluding tert-OH is 8. The Kier molecular flexibility index (Phi) is 29.9. The summed E-state index contributed by atoms with van der Waals surface area (Å²) in [6.07, 6.45) is 13.7. The molecular weight excluding hydrogens is 750 g/mol. The Bertz CT molecular complexity index is 993. The van der Waals surface area contributed by atoms with Gasteiger partial charge in [0.1, 0.15) is 48.8 Å². The number of aliphatic hydroxyl groups is 8. The fourth-order valence-corrected chi connectivity index (χ4v) is 7.94. The van der Waals surface area contributed by atoms with Gasteiger partial charge in [0.2, 0.25) is 5.91 Å². The molecule has 58 heavy (non-hydrogen) atoms. The molecule has 0 aromatic heterocycles. The van der Waals surface area contributed by atoms with Crippen LogP contribution in [0.5, 0.6) is 0 Å². The fraction of sp³-hybridized carbons (Fsp3) is 0.977. The number of carbonyl (C=O) groups is 1. The van der Waals surface area contributed by atoms with E-state index in [4.69, 9.17) is 18.9 Å². The number of carbonyl (C=O) groups excluding carboxylic acids is 1. The minimum Gasteiger partial charge on any atom is -0.394 e. The molecular formula is C44H85NO13. The summed E-state index contributed by atoms with van der Waals surface area (Å²) in [4.78, 5) is 13.0. The van der Waals surface area contributed by atoms with E-state index in [0.29, 0.717) is 12.8 Å². The molecule has 1 amide bonds. The van der Waals surface area contributed by atoms with E-state index in [1.807, 2.05) is 0 Å². The minimum atomic E-state index is -1.78. The van der Waals surface area contributed by atoms with Gasteiger partial charge in [0.25, 0.3) is 0 Å². The Morgan fingerprint density at radius 3 is 1.47 bits per heavy atom. The van der Waals surface area contributed by atoms with Crippen molar-refractivity contribution in [3.8, 4) is 0 Å². The second kappa shape index (κ2) is 32.7. The highest BCUT2D eigenvalue weighted by Crippen LogP contribution is 2.30. The summed E-state index contributed by atoms with van der Waals surface area (Å²) in [7, 11) is 0. The highest BCUT2D eigenvalue weighted by Gasteiger charge is 2.51. The van der Waals surface area contributed by atoms with Crippen molar-refractivity contribution in [2.24, 2.45) is 0 Å². The Balaban J connectivity index is 1.66. The van der Waals surface area contributed by atoms with Gasteiger partial charge < -0.3 is 65.1 Å². The van der Waals surface area contributed by atoms with E-state index in [2.05, 4.69) is 19.2 Å². The van der Waals surface area contributed by atoms with Crippen molar-refractivity contribution in [3.05, 3.63) is 0 Å². The van der Waals surface area contributed by atoms with E-state index in [9.17, 15) is 45.6 Å². The van der Waals surface area contributed by atoms with Crippen molar-refractivity contribution in [2.75, 3.05) is 19.8 Å². The van der Waals surface area contributed by atoms with Crippen LogP contribution in [0.4, 0.5) is 0 Å². The molecule has 2 aliphatic heterocycles. The molecule has 0 aliphatic carbocycles. The third kappa shape index (κ3) is 20.7. The molecule has 12 unspecified atom stereocenters. The van der Waals surface area contributed by atoms with Gasteiger partial charge >= 0.3 is 0 Å². The van der Waals surface area contributed by atoms with E-state index in [1.165, 1.54) is 109 Å². The zero-order valence-electron chi connectivity index (χ0n) is 36.1. The quantitative estimate of drug-likeness (QED) is 0.0397. The maximum atomic E-state index is 13.0. The average molecular weight is 836 g/mol. The zero-order valence-corrected chi connectivity index (χ0v) is 36.1. The van der Waals surface area contributed by atoms with Crippen molar-refractivity contribution in [2.45, 2.75) is 254 Å². The lowest BCUT2D eigenvalue weighted by atomic mass is 9.97. The Hall–Kier alpha value is -1.01. The molecule has 2 saturated heterocycles. The van der Waals surface area contributed by atoms with Crippen molar-refractivity contribution < 1.29 is 64.6 Å². The minimum absolute atomic E-state index is 0.215. The SMILES string of the molecule is CCCCCCCCCCCCCCCCCCCCCCCC(=O)NC(COC1OC(CO)C(OC2OC(CO)C(O)C(O)C2O)C(O)C1O)C(O)CCCCC. The largest absolute Gasteiger partial charge is 0.394 e. The van der Waals surface area contributed by atoms with Crippen LogP contribution >= 0.6 is 0 Å². The van der Waals surface area contributed by atoms with Gasteiger partial charge in [-0.15, -0.1) is 0 Å². The summed E-state index contributed by atoms with van der Waals surface area (Å²) >= 11 is 0. The number of amides is 1. The van der Waals surface area contributed by atoms with E-state index < -0.39 is 86.8 Å². The smallest absolute Gasteiger partial charge is 0.220 e. The molecule has 0 saturated carbocycles. The van der Waals surface area contributed by atoms with Crippen molar-refractivity contribution in [1.82, 2.24) is 5.32 Å². The van der Waals surface area contributed by atoms with Gasteiger partial charge in [-0.05, 0) is 12.8 Å². The zero-order chi connectivity index (χ0) is 42.5. The van der Waals surface area contributed by atoms with E-state index >= 15 is 0 Å². The average Bonchev–Trinajstić information content (AvgIpc) is 3.22. The molecule has 2 fully saturated rings. The molecule has 2 rings (SSSR count). The summed E-state index contributed by atoms with van der Waals surface area (Å²) in [5.41, 5.74) is 0. The fourth-order valence-electron chi connectivity index (χ4n) is 7.94. The van der Waals surface area contributed by atoms with Crippen LogP contribution in [0, 0.1) is 0 Å². The first-order valence-electron chi connectivity index (χ1n) is 23.3. The topological polar surface area (TPSA) is 228 Å². The van der Waals surface area contributed by atoms with Crippen LogP contribution in [0.2, 0.25) is 0 Å². The normalized spacial score (nSPS) is 28.7. The van der Waals surface area contributed by atoms with Gasteiger partial charge in [-0.2, -0.15) is 0 Å². The molecule has 14 nitrogen and oxygen atoms in total. The van der Waals surface area contributed by atoms with Gasteiger partial charge in [0, 0.05) is 6.42 Å². The van der Waals surface area contributed by atoms with E-state index in [1.54, 1.807) is 0 Å². The van der Waals surface area contributed by atoms with Crippen LogP contribution in [-0.2, 0) is 23.7 Å². The predicted octanol–water partition coefficient (Wildman–Crippen LogP) is 4.66. The molecule has 344 valence electrons. The van der Waals surface area contributed by atoms with Crippen molar-refractivity contribution in [3.63, 3.8) is 0 Å². The molecule has 0 spiro atoms. The second-order valence-corrected chi connectivity index (χ2v) is 16.9. The molecule has 14 heteroatoms. The van der Waals surface area contributed by atoms with Gasteiger partial charge in [-0.1, -0.05) is 162 Å². The summed E-state index contributed by atoms with van der Waals surface area (Å²) in [6.45, 7) is 2.67. The molecule has 2 aliphatic rings. The number of nitrogens with one attached hydrogen (secondary N) is 1. The van der Waals surface area contributed by atoms with Gasteiger partial charge in [-0.3, -0.25) is 4.79 Å². The van der Waals surface area contributed by atoms with Crippen LogP contribution in [0.3, 0.4) is 0 Å². The predicted molar refractivity (Wildman–Crippen MR) is 222 cm³/mol. The summed E-state index contributed by atoms with van der Waals surface area (Å²) in [5.74, 6) is -0.215. The molecule has 12 atom stereocenters. The lowest BCUT2D eigenvalue weighted by Gasteiger charge is -2.46. The molecule has 2 heterocycles. The van der Waals surface area contributed by atoms with E-state index in [-0.39, 0.29) is 12.5 Å². The van der Waals surface area contributed by atoms with Gasteiger partial charge in [0.05, 0.1) is 32.0 Å². The van der Waals surface area contributed by atoms with Crippen molar-refractivity contribution >= 4 is 5.91 Å². The van der Waals surface area contributed by atoms with Crippen LogP contribution < -0.4 is 5.32 Å². The Morgan fingerprint density at radius 2 is 0.983 bits per heavy atom. The molecule has 0 aromatic carbocycles. The number of unbranched alkanes of at least 4 members (excludes halogenated alkanes) is 22. The lowest BCUT2D eigenvalue weighted by molar-refractivity contribution is -0.359. The summed E-state index contributed by atoms with van der Waals surface area (Å²) in [5, 5.41) is 85.8. The van der Waals surface area contributed by atoms with Gasteiger partial charge in [0.15, 0.2) is 12.6 Å². The molecule has 0 bridgehead atoms. The number of hydrogen-bond acceptors (Lipinski definition) is 13. The number of rotatable bonds is 35. The monoisotopic (exact) mass is 836 g/mol. The third-order valence-electron chi connectivity index (χ3n) is 11.8. The first-order valence-corrected chi connectivity index (χ1v) is 23.3. The highest BCUT2D eigenvalue weighted by molar-refractivity contribution is 5.76. The van der Waals surface area contributed by atoms with Crippen LogP contribution in [-0.4, -0.2) is 140 Å². The Labute approximate surface area is 349 Å². The third-order valence-corrected chi connectivity index (χ3v) is 11.8. The molecule has 0 radical (unpaired) electrons. The van der Waals surface area contributed by atoms with Gasteiger partial charge in [-0.25, -0.2) is 0 Å². The molecule has 9 N–H and O–H groups in total. The second-order valence-electron chi connectivity index (χ2n) is 16.9. The molecule has 0 aromatic rings.